The molecule has 1 fully saturated rings. The van der Waals surface area contributed by atoms with Crippen LogP contribution in [0.25, 0.3) is 22.1 Å². The summed E-state index contributed by atoms with van der Waals surface area (Å²) in [4.78, 5) is 37.5. The van der Waals surface area contributed by atoms with Crippen LogP contribution in [0.3, 0.4) is 0 Å². The summed E-state index contributed by atoms with van der Waals surface area (Å²) in [5, 5.41) is 3.43. The summed E-state index contributed by atoms with van der Waals surface area (Å²) < 4.78 is 14.4. The maximum Gasteiger partial charge on any atom is 0.246 e. The van der Waals surface area contributed by atoms with E-state index in [1.54, 1.807) is 12.4 Å². The number of piperazine rings is 1. The van der Waals surface area contributed by atoms with Gasteiger partial charge in [0.15, 0.2) is 17.4 Å². The van der Waals surface area contributed by atoms with Crippen molar-refractivity contribution in [3.05, 3.63) is 72.8 Å². The number of likely N-dealkylation sites (N-methyl/N-ethyl adjacent to an activating group) is 1. The summed E-state index contributed by atoms with van der Waals surface area (Å²) in [7, 11) is 5.92. The number of aryl methyl sites for hydroxylation is 2. The molecule has 2 bridgehead atoms. The molecule has 1 saturated heterocycles. The molecule has 0 aliphatic carbocycles. The van der Waals surface area contributed by atoms with E-state index in [0.717, 1.165) is 39.6 Å². The summed E-state index contributed by atoms with van der Waals surface area (Å²) in [6, 6.07) is 13.6. The second-order valence-corrected chi connectivity index (χ2v) is 11.7. The zero-order chi connectivity index (χ0) is 31.1. The number of imidazole rings is 1. The predicted octanol–water partition coefficient (Wildman–Crippen LogP) is 4.28. The Labute approximate surface area is 260 Å². The highest BCUT2D eigenvalue weighted by molar-refractivity contribution is 5.91. The second kappa shape index (κ2) is 11.7. The van der Waals surface area contributed by atoms with Crippen LogP contribution >= 0.6 is 0 Å². The largest absolute Gasteiger partial charge is 0.487 e. The van der Waals surface area contributed by atoms with Crippen LogP contribution in [0.5, 0.6) is 17.2 Å². The Bertz CT molecular complexity index is 1940. The van der Waals surface area contributed by atoms with Gasteiger partial charge in [0.1, 0.15) is 29.9 Å². The van der Waals surface area contributed by atoms with Crippen LogP contribution in [0.15, 0.2) is 67.3 Å². The Morgan fingerprint density at radius 1 is 1.11 bits per heavy atom. The molecule has 2 aromatic carbocycles. The van der Waals surface area contributed by atoms with Crippen molar-refractivity contribution >= 4 is 45.3 Å². The molecule has 230 valence electrons. The highest BCUT2D eigenvalue weighted by Gasteiger charge is 2.35. The Hall–Kier alpha value is -5.23. The van der Waals surface area contributed by atoms with Crippen molar-refractivity contribution < 1.29 is 14.3 Å². The normalized spacial score (nSPS) is 16.2. The minimum absolute atomic E-state index is 0.00696. The molecule has 1 N–H and O–H groups in total. The number of nitrogens with one attached hydrogen (secondary N) is 1. The van der Waals surface area contributed by atoms with E-state index < -0.39 is 0 Å². The molecule has 45 heavy (non-hydrogen) atoms. The molecule has 0 saturated carbocycles. The first-order valence-electron chi connectivity index (χ1n) is 14.9. The number of amides is 1. The van der Waals surface area contributed by atoms with Crippen molar-refractivity contribution in [2.45, 2.75) is 13.0 Å². The Morgan fingerprint density at radius 2 is 2.00 bits per heavy atom. The minimum atomic E-state index is -0.0779. The molecular formula is C33H35N9O3. The standard InChI is InChI=1S/C33H35N9O3/c1-21-14-22(7-10-28(21)45-24-8-9-27-25(15-24)36-20-40(27)4)37-32-31-26(34-19-35-32)16-29-33(38-31)41-12-13-42(23(17-41)18-44-29)30(43)6-5-11-39(2)3/h5-10,14-16,19-20,23H,11-13,17-18H2,1-4H3,(H,34,35,37)/b6-5+. The van der Waals surface area contributed by atoms with Crippen LogP contribution < -0.4 is 19.7 Å². The molecule has 12 nitrogen and oxygen atoms in total. The fourth-order valence-electron chi connectivity index (χ4n) is 5.79. The number of aromatic nitrogens is 5. The highest BCUT2D eigenvalue weighted by atomic mass is 16.5. The molecule has 1 amide bonds. The number of carbonyl (C=O) groups is 1. The van der Waals surface area contributed by atoms with Crippen molar-refractivity contribution in [2.24, 2.45) is 7.05 Å². The minimum Gasteiger partial charge on any atom is -0.487 e. The summed E-state index contributed by atoms with van der Waals surface area (Å²) in [5.41, 5.74) is 5.06. The average molecular weight is 606 g/mol. The third-order valence-corrected chi connectivity index (χ3v) is 8.15. The Balaban J connectivity index is 1.10. The lowest BCUT2D eigenvalue weighted by molar-refractivity contribution is -0.129. The van der Waals surface area contributed by atoms with Crippen LogP contribution in [0.2, 0.25) is 0 Å². The topological polar surface area (TPSA) is 114 Å². The van der Waals surface area contributed by atoms with Crippen LogP contribution in [0.1, 0.15) is 5.56 Å². The molecule has 2 aliphatic rings. The van der Waals surface area contributed by atoms with Gasteiger partial charge in [-0.05, 0) is 56.9 Å². The number of benzene rings is 2. The summed E-state index contributed by atoms with van der Waals surface area (Å²) in [5.74, 6) is 3.48. The fraction of sp³-hybridized carbons (Fsp3) is 0.303. The van der Waals surface area contributed by atoms with Crippen molar-refractivity contribution in [1.82, 2.24) is 34.3 Å². The van der Waals surface area contributed by atoms with Crippen LogP contribution in [-0.4, -0.2) is 93.1 Å². The van der Waals surface area contributed by atoms with Gasteiger partial charge in [-0.15, -0.1) is 0 Å². The molecule has 1 unspecified atom stereocenters. The maximum atomic E-state index is 13.0. The summed E-state index contributed by atoms with van der Waals surface area (Å²) in [6.45, 7) is 5.01. The van der Waals surface area contributed by atoms with E-state index in [9.17, 15) is 4.79 Å². The van der Waals surface area contributed by atoms with Crippen molar-refractivity contribution in [3.63, 3.8) is 0 Å². The molecular weight excluding hydrogens is 570 g/mol. The van der Waals surface area contributed by atoms with Crippen molar-refractivity contribution in [2.75, 3.05) is 57.1 Å². The number of rotatable bonds is 7. The van der Waals surface area contributed by atoms with Gasteiger partial charge in [0.05, 0.1) is 28.9 Å². The zero-order valence-corrected chi connectivity index (χ0v) is 25.8. The monoisotopic (exact) mass is 605 g/mol. The van der Waals surface area contributed by atoms with Gasteiger partial charge in [0, 0.05) is 57.1 Å². The van der Waals surface area contributed by atoms with Gasteiger partial charge >= 0.3 is 0 Å². The first-order chi connectivity index (χ1) is 21.8. The van der Waals surface area contributed by atoms with Crippen molar-refractivity contribution in [3.8, 4) is 17.2 Å². The number of hydrogen-bond acceptors (Lipinski definition) is 10. The Morgan fingerprint density at radius 3 is 2.84 bits per heavy atom. The van der Waals surface area contributed by atoms with E-state index in [-0.39, 0.29) is 11.9 Å². The molecule has 3 aromatic heterocycles. The van der Waals surface area contributed by atoms with E-state index in [2.05, 4.69) is 25.2 Å². The third kappa shape index (κ3) is 5.72. The molecule has 7 rings (SSSR count). The third-order valence-electron chi connectivity index (χ3n) is 8.15. The molecule has 1 atom stereocenters. The molecule has 0 spiro atoms. The van der Waals surface area contributed by atoms with Gasteiger partial charge < -0.3 is 34.1 Å². The lowest BCUT2D eigenvalue weighted by Crippen LogP contribution is -2.56. The second-order valence-electron chi connectivity index (χ2n) is 11.7. The van der Waals surface area contributed by atoms with Gasteiger partial charge in [-0.1, -0.05) is 6.08 Å². The number of anilines is 3. The number of fused-ring (bicyclic) bond motifs is 6. The number of ether oxygens (including phenoxy) is 2. The van der Waals surface area contributed by atoms with Gasteiger partial charge in [0.25, 0.3) is 0 Å². The highest BCUT2D eigenvalue weighted by Crippen LogP contribution is 2.36. The van der Waals surface area contributed by atoms with E-state index in [1.165, 1.54) is 6.33 Å². The van der Waals surface area contributed by atoms with Gasteiger partial charge in [-0.3, -0.25) is 4.79 Å². The number of carbonyl (C=O) groups excluding carboxylic acids is 1. The van der Waals surface area contributed by atoms with E-state index in [0.29, 0.717) is 55.4 Å². The molecule has 12 heteroatoms. The smallest absolute Gasteiger partial charge is 0.246 e. The maximum absolute atomic E-state index is 13.0. The van der Waals surface area contributed by atoms with Crippen molar-refractivity contribution in [1.29, 1.82) is 0 Å². The van der Waals surface area contributed by atoms with Gasteiger partial charge in [-0.2, -0.15) is 0 Å². The average Bonchev–Trinajstić information content (AvgIpc) is 3.33. The molecule has 5 heterocycles. The predicted molar refractivity (Wildman–Crippen MR) is 173 cm³/mol. The number of hydrogen-bond donors (Lipinski definition) is 1. The number of nitrogens with zero attached hydrogens (tertiary/aromatic N) is 8. The zero-order valence-electron chi connectivity index (χ0n) is 25.8. The Kier molecular flexibility index (Phi) is 7.42. The van der Waals surface area contributed by atoms with Gasteiger partial charge in [-0.25, -0.2) is 19.9 Å². The molecule has 5 aromatic rings. The number of pyridine rings is 1. The fourth-order valence-corrected chi connectivity index (χ4v) is 5.79. The molecule has 0 radical (unpaired) electrons. The van der Waals surface area contributed by atoms with E-state index in [4.69, 9.17) is 14.5 Å². The first-order valence-corrected chi connectivity index (χ1v) is 14.9. The van der Waals surface area contributed by atoms with E-state index >= 15 is 0 Å². The first kappa shape index (κ1) is 28.5. The van der Waals surface area contributed by atoms with Crippen LogP contribution in [0, 0.1) is 6.92 Å². The molecule has 2 aliphatic heterocycles. The lowest BCUT2D eigenvalue weighted by atomic mass is 10.1. The van der Waals surface area contributed by atoms with Crippen LogP contribution in [-0.2, 0) is 11.8 Å². The van der Waals surface area contributed by atoms with Crippen LogP contribution in [0.4, 0.5) is 17.3 Å². The van der Waals surface area contributed by atoms with Gasteiger partial charge in [0.2, 0.25) is 5.91 Å². The quantitative estimate of drug-likeness (QED) is 0.270. The summed E-state index contributed by atoms with van der Waals surface area (Å²) >= 11 is 0. The lowest BCUT2D eigenvalue weighted by Gasteiger charge is -2.39. The SMILES string of the molecule is Cc1cc(Nc2ncnc3cc4c(nc23)N2CCN(C(=O)/C=C/CN(C)C)C(CO4)C2)ccc1Oc1ccc2c(c1)ncn2C. The van der Waals surface area contributed by atoms with E-state index in [1.807, 2.05) is 91.0 Å². The summed E-state index contributed by atoms with van der Waals surface area (Å²) in [6.07, 6.45) is 6.87.